The van der Waals surface area contributed by atoms with Crippen LogP contribution in [0.15, 0.2) is 82.6 Å². The molecule has 1 N–H and O–H groups in total. The van der Waals surface area contributed by atoms with Gasteiger partial charge in [0.15, 0.2) is 0 Å². The highest BCUT2D eigenvalue weighted by Gasteiger charge is 2.34. The van der Waals surface area contributed by atoms with E-state index in [2.05, 4.69) is 5.32 Å². The number of hydrogen-bond donors (Lipinski definition) is 1. The van der Waals surface area contributed by atoms with Gasteiger partial charge in [-0.2, -0.15) is 0 Å². The largest absolute Gasteiger partial charge is 0.497 e. The molecule has 3 aromatic carbocycles. The number of sulfonamides is 1. The zero-order valence-electron chi connectivity index (χ0n) is 24.5. The Morgan fingerprint density at radius 1 is 1.00 bits per heavy atom. The molecule has 0 saturated carbocycles. The number of nitrogens with one attached hydrogen (secondary N) is 1. The molecule has 0 aliphatic rings. The molecule has 0 heterocycles. The van der Waals surface area contributed by atoms with Gasteiger partial charge in [0.05, 0.1) is 17.7 Å². The lowest BCUT2D eigenvalue weighted by molar-refractivity contribution is -0.140. The highest BCUT2D eigenvalue weighted by Crippen LogP contribution is 2.27. The van der Waals surface area contributed by atoms with Gasteiger partial charge >= 0.3 is 0 Å². The van der Waals surface area contributed by atoms with Crippen LogP contribution in [0, 0.1) is 6.92 Å². The van der Waals surface area contributed by atoms with Gasteiger partial charge in [-0.3, -0.25) is 13.9 Å². The summed E-state index contributed by atoms with van der Waals surface area (Å²) in [6.07, 6.45) is 2.26. The smallest absolute Gasteiger partial charge is 0.264 e. The van der Waals surface area contributed by atoms with Crippen LogP contribution >= 0.6 is 11.8 Å². The second kappa shape index (κ2) is 14.4. The molecule has 0 spiro atoms. The maximum atomic E-state index is 14.1. The maximum absolute atomic E-state index is 14.1. The van der Waals surface area contributed by atoms with E-state index < -0.39 is 28.5 Å². The first kappa shape index (κ1) is 32.0. The van der Waals surface area contributed by atoms with Crippen molar-refractivity contribution in [2.24, 2.45) is 0 Å². The van der Waals surface area contributed by atoms with E-state index in [0.717, 1.165) is 20.3 Å². The molecule has 0 radical (unpaired) electrons. The van der Waals surface area contributed by atoms with Crippen LogP contribution in [-0.2, 0) is 26.2 Å². The number of benzene rings is 3. The summed E-state index contributed by atoms with van der Waals surface area (Å²) in [6.45, 7) is 7.07. The van der Waals surface area contributed by atoms with Crippen LogP contribution in [0.3, 0.4) is 0 Å². The second-order valence-electron chi connectivity index (χ2n) is 9.98. The van der Waals surface area contributed by atoms with E-state index in [0.29, 0.717) is 17.9 Å². The van der Waals surface area contributed by atoms with Gasteiger partial charge in [-0.25, -0.2) is 8.42 Å². The summed E-state index contributed by atoms with van der Waals surface area (Å²) >= 11 is 1.51. The molecule has 0 fully saturated rings. The number of amides is 2. The van der Waals surface area contributed by atoms with Crippen LogP contribution < -0.4 is 14.4 Å². The Kier molecular flexibility index (Phi) is 11.3. The molecule has 0 bridgehead atoms. The summed E-state index contributed by atoms with van der Waals surface area (Å²) in [5.41, 5.74) is 2.07. The van der Waals surface area contributed by atoms with Crippen molar-refractivity contribution in [1.82, 2.24) is 10.2 Å². The average Bonchev–Trinajstić information content (AvgIpc) is 2.96. The van der Waals surface area contributed by atoms with Crippen molar-refractivity contribution >= 4 is 39.3 Å². The van der Waals surface area contributed by atoms with Crippen LogP contribution in [0.2, 0.25) is 0 Å². The summed E-state index contributed by atoms with van der Waals surface area (Å²) in [5, 5.41) is 2.90. The number of anilines is 1. The fourth-order valence-electron chi connectivity index (χ4n) is 4.38. The first-order valence-electron chi connectivity index (χ1n) is 13.5. The molecule has 0 aliphatic heterocycles. The van der Waals surface area contributed by atoms with Crippen LogP contribution in [0.25, 0.3) is 0 Å². The van der Waals surface area contributed by atoms with Gasteiger partial charge in [0.1, 0.15) is 18.3 Å². The third-order valence-electron chi connectivity index (χ3n) is 6.55. The molecule has 220 valence electrons. The molecule has 41 heavy (non-hydrogen) atoms. The van der Waals surface area contributed by atoms with Crippen molar-refractivity contribution in [3.8, 4) is 5.75 Å². The molecule has 0 aromatic heterocycles. The Morgan fingerprint density at radius 3 is 2.22 bits per heavy atom. The molecule has 3 rings (SSSR count). The number of methoxy groups -OCH3 is 1. The molecular weight excluding hydrogens is 558 g/mol. The number of thioether (sulfide) groups is 1. The van der Waals surface area contributed by atoms with Gasteiger partial charge in [-0.05, 0) is 87.5 Å². The summed E-state index contributed by atoms with van der Waals surface area (Å²) in [6, 6.07) is 19.9. The van der Waals surface area contributed by atoms with E-state index in [1.54, 1.807) is 67.8 Å². The van der Waals surface area contributed by atoms with Crippen LogP contribution in [0.4, 0.5) is 5.69 Å². The van der Waals surface area contributed by atoms with E-state index in [4.69, 9.17) is 4.74 Å². The predicted molar refractivity (Wildman–Crippen MR) is 165 cm³/mol. The van der Waals surface area contributed by atoms with Gasteiger partial charge in [-0.15, -0.1) is 11.8 Å². The first-order valence-corrected chi connectivity index (χ1v) is 16.1. The van der Waals surface area contributed by atoms with E-state index in [1.807, 2.05) is 46.1 Å². The third-order valence-corrected chi connectivity index (χ3v) is 9.08. The lowest BCUT2D eigenvalue weighted by Crippen LogP contribution is -2.53. The fraction of sp³-hybridized carbons (Fsp3) is 0.355. The van der Waals surface area contributed by atoms with E-state index in [-0.39, 0.29) is 23.4 Å². The SMILES string of the molecule is CC[C@@H](C(=O)NC(C)C)N(Cc1cccc(OC)c1)C(=O)CN(c1ccc(C)cc1)S(=O)(=O)c1ccc(SC)cc1. The molecule has 10 heteroatoms. The number of carbonyl (C=O) groups is 2. The van der Waals surface area contributed by atoms with Crippen molar-refractivity contribution < 1.29 is 22.7 Å². The predicted octanol–water partition coefficient (Wildman–Crippen LogP) is 5.25. The van der Waals surface area contributed by atoms with Gasteiger partial charge in [0.2, 0.25) is 11.8 Å². The van der Waals surface area contributed by atoms with E-state index in [9.17, 15) is 18.0 Å². The molecule has 0 aliphatic carbocycles. The summed E-state index contributed by atoms with van der Waals surface area (Å²) in [4.78, 5) is 29.8. The minimum atomic E-state index is -4.12. The molecule has 8 nitrogen and oxygen atoms in total. The van der Waals surface area contributed by atoms with E-state index >= 15 is 0 Å². The van der Waals surface area contributed by atoms with Gasteiger partial charge in [-0.1, -0.05) is 36.8 Å². The Bertz CT molecular complexity index is 1420. The van der Waals surface area contributed by atoms with Crippen molar-refractivity contribution in [2.75, 3.05) is 24.2 Å². The van der Waals surface area contributed by atoms with Gasteiger partial charge in [0, 0.05) is 17.5 Å². The Balaban J connectivity index is 2.06. The van der Waals surface area contributed by atoms with Crippen molar-refractivity contribution in [3.63, 3.8) is 0 Å². The first-order chi connectivity index (χ1) is 19.5. The minimum Gasteiger partial charge on any atom is -0.497 e. The zero-order valence-corrected chi connectivity index (χ0v) is 26.1. The highest BCUT2D eigenvalue weighted by atomic mass is 32.2. The lowest BCUT2D eigenvalue weighted by atomic mass is 10.1. The third kappa shape index (κ3) is 8.27. The van der Waals surface area contributed by atoms with Gasteiger partial charge in [0.25, 0.3) is 10.0 Å². The minimum absolute atomic E-state index is 0.0765. The molecule has 2 amide bonds. The van der Waals surface area contributed by atoms with Crippen LogP contribution in [-0.4, -0.2) is 57.1 Å². The molecular formula is C31H39N3O5S2. The molecule has 0 unspecified atom stereocenters. The summed E-state index contributed by atoms with van der Waals surface area (Å²) in [7, 11) is -2.56. The zero-order chi connectivity index (χ0) is 30.2. The van der Waals surface area contributed by atoms with Crippen LogP contribution in [0.5, 0.6) is 5.75 Å². The molecule has 1 atom stereocenters. The monoisotopic (exact) mass is 597 g/mol. The number of ether oxygens (including phenoxy) is 1. The van der Waals surface area contributed by atoms with Crippen molar-refractivity contribution in [1.29, 1.82) is 0 Å². The lowest BCUT2D eigenvalue weighted by Gasteiger charge is -2.33. The summed E-state index contributed by atoms with van der Waals surface area (Å²) in [5.74, 6) is -0.174. The molecule has 0 saturated heterocycles. The van der Waals surface area contributed by atoms with Gasteiger partial charge < -0.3 is 15.0 Å². The Labute approximate surface area is 248 Å². The standard InChI is InChI=1S/C31H39N3O5S2/c1-7-29(31(36)32-22(2)3)33(20-24-9-8-10-26(19-24)39-5)30(35)21-34(25-13-11-23(4)12-14-25)41(37,38)28-17-15-27(40-6)16-18-28/h8-19,22,29H,7,20-21H2,1-6H3,(H,32,36)/t29-/m0/s1. The number of nitrogens with zero attached hydrogens (tertiary/aromatic N) is 2. The number of carbonyl (C=O) groups excluding carboxylic acids is 2. The van der Waals surface area contributed by atoms with Crippen molar-refractivity contribution in [2.45, 2.75) is 62.5 Å². The normalized spacial score (nSPS) is 12.1. The quantitative estimate of drug-likeness (QED) is 0.270. The van der Waals surface area contributed by atoms with Crippen LogP contribution in [0.1, 0.15) is 38.3 Å². The number of rotatable bonds is 13. The highest BCUT2D eigenvalue weighted by molar-refractivity contribution is 7.98. The average molecular weight is 598 g/mol. The maximum Gasteiger partial charge on any atom is 0.264 e. The van der Waals surface area contributed by atoms with E-state index in [1.165, 1.54) is 16.7 Å². The Hall–Kier alpha value is -3.50. The van der Waals surface area contributed by atoms with Crippen molar-refractivity contribution in [3.05, 3.63) is 83.9 Å². The topological polar surface area (TPSA) is 96.0 Å². The summed E-state index contributed by atoms with van der Waals surface area (Å²) < 4.78 is 34.5. The number of hydrogen-bond acceptors (Lipinski definition) is 6. The molecule has 3 aromatic rings. The second-order valence-corrected chi connectivity index (χ2v) is 12.7. The Morgan fingerprint density at radius 2 is 1.66 bits per heavy atom. The fourth-order valence-corrected chi connectivity index (χ4v) is 6.20. The number of aryl methyl sites for hydroxylation is 1.